The first kappa shape index (κ1) is 12.8. The van der Waals surface area contributed by atoms with E-state index >= 15 is 0 Å². The van der Waals surface area contributed by atoms with Gasteiger partial charge in [0.1, 0.15) is 6.04 Å². The van der Waals surface area contributed by atoms with E-state index in [1.807, 2.05) is 30.3 Å². The number of rotatable bonds is 1. The lowest BCUT2D eigenvalue weighted by Crippen LogP contribution is -2.51. The second kappa shape index (κ2) is 5.07. The van der Waals surface area contributed by atoms with Crippen LogP contribution in [-0.4, -0.2) is 28.8 Å². The van der Waals surface area contributed by atoms with Crippen molar-refractivity contribution in [3.8, 4) is 0 Å². The van der Waals surface area contributed by atoms with E-state index in [-0.39, 0.29) is 18.2 Å². The highest BCUT2D eigenvalue weighted by Crippen LogP contribution is 2.35. The highest BCUT2D eigenvalue weighted by molar-refractivity contribution is 5.97. The van der Waals surface area contributed by atoms with Crippen LogP contribution in [0.25, 0.3) is 0 Å². The number of amides is 1. The van der Waals surface area contributed by atoms with E-state index in [1.165, 1.54) is 4.90 Å². The maximum atomic E-state index is 12.1. The molecule has 0 spiro atoms. The number of carbonyl (C=O) groups is 3. The number of hydrogen-bond donors (Lipinski definition) is 0. The van der Waals surface area contributed by atoms with Gasteiger partial charge in [0.25, 0.3) is 0 Å². The van der Waals surface area contributed by atoms with Gasteiger partial charge in [0, 0.05) is 6.42 Å². The standard InChI is InChI=1S/C15H15NO4/c17-13-8-4-7-11(10-5-2-1-3-6-10)16-12(13)9-14(18)20-15(16)19/h1-3,5-6,11-12H,4,7-9H2/t11-,12+/m1/s1. The van der Waals surface area contributed by atoms with Gasteiger partial charge in [-0.05, 0) is 18.4 Å². The third-order valence-corrected chi connectivity index (χ3v) is 3.90. The average molecular weight is 273 g/mol. The summed E-state index contributed by atoms with van der Waals surface area (Å²) in [6, 6.07) is 8.70. The van der Waals surface area contributed by atoms with Gasteiger partial charge in [0.2, 0.25) is 0 Å². The number of esters is 1. The number of hydrogen-bond acceptors (Lipinski definition) is 4. The number of carbonyl (C=O) groups excluding carboxylic acids is 3. The molecule has 0 aromatic heterocycles. The number of nitrogens with zero attached hydrogens (tertiary/aromatic N) is 1. The molecule has 2 aliphatic rings. The molecule has 1 aromatic rings. The molecule has 1 amide bonds. The number of ketones is 1. The summed E-state index contributed by atoms with van der Waals surface area (Å²) in [5.74, 6) is -0.660. The summed E-state index contributed by atoms with van der Waals surface area (Å²) in [5, 5.41) is 0. The number of ether oxygens (including phenoxy) is 1. The average Bonchev–Trinajstić information content (AvgIpc) is 2.60. The third kappa shape index (κ3) is 2.19. The largest absolute Gasteiger partial charge is 0.418 e. The predicted octanol–water partition coefficient (Wildman–Crippen LogP) is 2.22. The van der Waals surface area contributed by atoms with Crippen LogP contribution in [0.4, 0.5) is 4.79 Å². The van der Waals surface area contributed by atoms with Crippen molar-refractivity contribution in [2.24, 2.45) is 0 Å². The van der Waals surface area contributed by atoms with Crippen LogP contribution in [0.2, 0.25) is 0 Å². The Labute approximate surface area is 116 Å². The second-order valence-electron chi connectivity index (χ2n) is 5.15. The zero-order chi connectivity index (χ0) is 14.1. The zero-order valence-corrected chi connectivity index (χ0v) is 11.0. The van der Waals surface area contributed by atoms with Gasteiger partial charge in [0.15, 0.2) is 5.78 Å². The van der Waals surface area contributed by atoms with Crippen LogP contribution < -0.4 is 0 Å². The molecule has 0 bridgehead atoms. The Morgan fingerprint density at radius 2 is 1.80 bits per heavy atom. The summed E-state index contributed by atoms with van der Waals surface area (Å²) < 4.78 is 4.71. The Morgan fingerprint density at radius 1 is 1.05 bits per heavy atom. The van der Waals surface area contributed by atoms with Crippen molar-refractivity contribution in [3.63, 3.8) is 0 Å². The van der Waals surface area contributed by atoms with E-state index in [2.05, 4.69) is 0 Å². The minimum absolute atomic E-state index is 0.0338. The van der Waals surface area contributed by atoms with Crippen LogP contribution >= 0.6 is 0 Å². The fourth-order valence-electron chi connectivity index (χ4n) is 2.97. The molecule has 2 heterocycles. The smallest absolute Gasteiger partial charge is 0.376 e. The molecule has 5 heteroatoms. The Bertz CT molecular complexity index is 554. The summed E-state index contributed by atoms with van der Waals surface area (Å²) in [6.45, 7) is 0. The van der Waals surface area contributed by atoms with Crippen molar-refractivity contribution in [3.05, 3.63) is 35.9 Å². The summed E-state index contributed by atoms with van der Waals surface area (Å²) in [5.41, 5.74) is 0.971. The van der Waals surface area contributed by atoms with E-state index < -0.39 is 18.1 Å². The molecule has 3 rings (SSSR count). The molecule has 0 unspecified atom stereocenters. The fourth-order valence-corrected chi connectivity index (χ4v) is 2.97. The summed E-state index contributed by atoms with van der Waals surface area (Å²) in [6.07, 6.45) is 1.09. The SMILES string of the molecule is O=C1C[C@H]2C(=O)CCC[C@H](c3ccccc3)N2C(=O)O1. The van der Waals surface area contributed by atoms with Crippen molar-refractivity contribution in [1.82, 2.24) is 4.90 Å². The fraction of sp³-hybridized carbons (Fsp3) is 0.400. The van der Waals surface area contributed by atoms with Gasteiger partial charge in [-0.25, -0.2) is 4.79 Å². The van der Waals surface area contributed by atoms with Gasteiger partial charge in [-0.3, -0.25) is 14.5 Å². The normalized spacial score (nSPS) is 26.8. The predicted molar refractivity (Wildman–Crippen MR) is 69.8 cm³/mol. The maximum absolute atomic E-state index is 12.1. The van der Waals surface area contributed by atoms with E-state index in [9.17, 15) is 14.4 Å². The van der Waals surface area contributed by atoms with Gasteiger partial charge in [-0.1, -0.05) is 30.3 Å². The zero-order valence-electron chi connectivity index (χ0n) is 11.0. The van der Waals surface area contributed by atoms with Gasteiger partial charge in [0.05, 0.1) is 12.5 Å². The lowest BCUT2D eigenvalue weighted by molar-refractivity contribution is -0.148. The molecule has 0 radical (unpaired) electrons. The molecule has 2 aliphatic heterocycles. The summed E-state index contributed by atoms with van der Waals surface area (Å²) in [4.78, 5) is 37.0. The quantitative estimate of drug-likeness (QED) is 0.581. The molecule has 0 saturated carbocycles. The van der Waals surface area contributed by atoms with Gasteiger partial charge >= 0.3 is 12.1 Å². The van der Waals surface area contributed by atoms with Crippen molar-refractivity contribution in [2.45, 2.75) is 37.8 Å². The van der Waals surface area contributed by atoms with Crippen LogP contribution in [0.3, 0.4) is 0 Å². The highest BCUT2D eigenvalue weighted by atomic mass is 16.6. The van der Waals surface area contributed by atoms with E-state index in [0.29, 0.717) is 19.3 Å². The van der Waals surface area contributed by atoms with Crippen molar-refractivity contribution < 1.29 is 19.1 Å². The molecule has 0 N–H and O–H groups in total. The summed E-state index contributed by atoms with van der Waals surface area (Å²) >= 11 is 0. The molecule has 1 aromatic carbocycles. The highest BCUT2D eigenvalue weighted by Gasteiger charge is 2.44. The molecule has 2 atom stereocenters. The molecule has 0 aliphatic carbocycles. The maximum Gasteiger partial charge on any atom is 0.418 e. The Morgan fingerprint density at radius 3 is 2.55 bits per heavy atom. The van der Waals surface area contributed by atoms with Crippen molar-refractivity contribution in [1.29, 1.82) is 0 Å². The van der Waals surface area contributed by atoms with Crippen molar-refractivity contribution in [2.75, 3.05) is 0 Å². The van der Waals surface area contributed by atoms with Crippen LogP contribution in [-0.2, 0) is 14.3 Å². The second-order valence-corrected chi connectivity index (χ2v) is 5.15. The van der Waals surface area contributed by atoms with Crippen LogP contribution in [0.1, 0.15) is 37.3 Å². The number of Topliss-reactive ketones (excluding diaryl/α,β-unsaturated/α-hetero) is 1. The summed E-state index contributed by atoms with van der Waals surface area (Å²) in [7, 11) is 0. The van der Waals surface area contributed by atoms with E-state index in [0.717, 1.165) is 5.56 Å². The van der Waals surface area contributed by atoms with E-state index in [4.69, 9.17) is 4.74 Å². The van der Waals surface area contributed by atoms with E-state index in [1.54, 1.807) is 0 Å². The lowest BCUT2D eigenvalue weighted by Gasteiger charge is -2.37. The minimum atomic E-state index is -0.699. The number of fused-ring (bicyclic) bond motifs is 1. The lowest BCUT2D eigenvalue weighted by atomic mass is 10.00. The van der Waals surface area contributed by atoms with Gasteiger partial charge < -0.3 is 4.74 Å². The monoisotopic (exact) mass is 273 g/mol. The molecular weight excluding hydrogens is 258 g/mol. The number of benzene rings is 1. The van der Waals surface area contributed by atoms with Crippen LogP contribution in [0.15, 0.2) is 30.3 Å². The molecule has 2 fully saturated rings. The molecular formula is C15H15NO4. The van der Waals surface area contributed by atoms with Gasteiger partial charge in [-0.15, -0.1) is 0 Å². The molecule has 20 heavy (non-hydrogen) atoms. The minimum Gasteiger partial charge on any atom is -0.376 e. The van der Waals surface area contributed by atoms with Crippen LogP contribution in [0, 0.1) is 0 Å². The first-order valence-electron chi connectivity index (χ1n) is 6.77. The van der Waals surface area contributed by atoms with Gasteiger partial charge in [-0.2, -0.15) is 0 Å². The van der Waals surface area contributed by atoms with Crippen LogP contribution in [0.5, 0.6) is 0 Å². The molecule has 104 valence electrons. The Hall–Kier alpha value is -2.17. The third-order valence-electron chi connectivity index (χ3n) is 3.90. The topological polar surface area (TPSA) is 63.7 Å². The Balaban J connectivity index is 2.00. The Kier molecular flexibility index (Phi) is 3.26. The molecule has 5 nitrogen and oxygen atoms in total. The van der Waals surface area contributed by atoms with Crippen molar-refractivity contribution >= 4 is 17.8 Å². The first-order chi connectivity index (χ1) is 9.66. The number of cyclic esters (lactones) is 2. The molecule has 2 saturated heterocycles. The first-order valence-corrected chi connectivity index (χ1v) is 6.77.